The molecule has 0 aliphatic carbocycles. The van der Waals surface area contributed by atoms with Crippen LogP contribution in [-0.4, -0.2) is 42.4 Å². The van der Waals surface area contributed by atoms with Gasteiger partial charge in [-0.3, -0.25) is 14.5 Å². The van der Waals surface area contributed by atoms with Gasteiger partial charge in [-0.25, -0.2) is 0 Å². The molecule has 1 aromatic rings. The van der Waals surface area contributed by atoms with Crippen LogP contribution >= 0.6 is 23.2 Å². The standard InChI is InChI=1S/C17H22Cl2N4O2/c1-11(2)17(3,10-20)22-16(25)9-23(4)8-15(24)21-12-5-6-13(18)14(19)7-12/h5-7,11H,8-9H2,1-4H3,(H,21,24)(H,22,25)/t17-/m1/s1. The lowest BCUT2D eigenvalue weighted by molar-refractivity contribution is -0.124. The molecule has 0 heterocycles. The van der Waals surface area contributed by atoms with Gasteiger partial charge in [-0.1, -0.05) is 37.0 Å². The molecule has 2 amide bonds. The fourth-order valence-electron chi connectivity index (χ4n) is 1.95. The van der Waals surface area contributed by atoms with Gasteiger partial charge in [0, 0.05) is 5.69 Å². The first-order chi connectivity index (χ1) is 11.6. The van der Waals surface area contributed by atoms with E-state index in [2.05, 4.69) is 16.7 Å². The van der Waals surface area contributed by atoms with Crippen LogP contribution in [0.3, 0.4) is 0 Å². The van der Waals surface area contributed by atoms with E-state index >= 15 is 0 Å². The Kier molecular flexibility index (Phi) is 7.68. The molecule has 1 rings (SSSR count). The van der Waals surface area contributed by atoms with Crippen molar-refractivity contribution in [2.24, 2.45) is 5.92 Å². The van der Waals surface area contributed by atoms with E-state index in [1.54, 1.807) is 37.1 Å². The third-order valence-electron chi connectivity index (χ3n) is 3.82. The molecule has 1 aromatic carbocycles. The first kappa shape index (κ1) is 21.2. The van der Waals surface area contributed by atoms with E-state index in [1.807, 2.05) is 13.8 Å². The summed E-state index contributed by atoms with van der Waals surface area (Å²) in [5.41, 5.74) is -0.422. The number of nitrogens with zero attached hydrogens (tertiary/aromatic N) is 2. The van der Waals surface area contributed by atoms with E-state index < -0.39 is 5.54 Å². The number of hydrogen-bond acceptors (Lipinski definition) is 4. The van der Waals surface area contributed by atoms with Gasteiger partial charge in [-0.2, -0.15) is 5.26 Å². The number of hydrogen-bond donors (Lipinski definition) is 2. The van der Waals surface area contributed by atoms with Crippen molar-refractivity contribution in [1.29, 1.82) is 5.26 Å². The van der Waals surface area contributed by atoms with E-state index in [9.17, 15) is 14.9 Å². The van der Waals surface area contributed by atoms with Crippen molar-refractivity contribution in [2.75, 3.05) is 25.5 Å². The number of carbonyl (C=O) groups excluding carboxylic acids is 2. The summed E-state index contributed by atoms with van der Waals surface area (Å²) in [4.78, 5) is 25.7. The number of carbonyl (C=O) groups is 2. The first-order valence-electron chi connectivity index (χ1n) is 7.73. The Bertz CT molecular complexity index is 688. The zero-order valence-corrected chi connectivity index (χ0v) is 16.2. The molecular weight excluding hydrogens is 363 g/mol. The Balaban J connectivity index is 2.54. The van der Waals surface area contributed by atoms with Gasteiger partial charge in [0.25, 0.3) is 0 Å². The highest BCUT2D eigenvalue weighted by molar-refractivity contribution is 6.42. The molecule has 25 heavy (non-hydrogen) atoms. The van der Waals surface area contributed by atoms with Crippen molar-refractivity contribution in [1.82, 2.24) is 10.2 Å². The van der Waals surface area contributed by atoms with Gasteiger partial charge >= 0.3 is 0 Å². The maximum Gasteiger partial charge on any atom is 0.238 e. The van der Waals surface area contributed by atoms with Gasteiger partial charge in [0.15, 0.2) is 0 Å². The van der Waals surface area contributed by atoms with Crippen LogP contribution in [0.5, 0.6) is 0 Å². The summed E-state index contributed by atoms with van der Waals surface area (Å²) in [6, 6.07) is 6.89. The molecule has 0 aromatic heterocycles. The number of likely N-dealkylation sites (N-methyl/N-ethyl adjacent to an activating group) is 1. The van der Waals surface area contributed by atoms with Crippen molar-refractivity contribution in [3.05, 3.63) is 28.2 Å². The van der Waals surface area contributed by atoms with E-state index in [-0.39, 0.29) is 30.8 Å². The molecule has 0 saturated carbocycles. The molecule has 2 N–H and O–H groups in total. The summed E-state index contributed by atoms with van der Waals surface area (Å²) in [7, 11) is 1.65. The summed E-state index contributed by atoms with van der Waals surface area (Å²) in [5, 5.41) is 15.4. The molecule has 0 saturated heterocycles. The average molecular weight is 385 g/mol. The van der Waals surface area contributed by atoms with Crippen molar-refractivity contribution in [3.63, 3.8) is 0 Å². The molecule has 0 spiro atoms. The summed E-state index contributed by atoms with van der Waals surface area (Å²) >= 11 is 11.7. The molecule has 0 radical (unpaired) electrons. The minimum atomic E-state index is -0.944. The number of amides is 2. The zero-order valence-electron chi connectivity index (χ0n) is 14.7. The highest BCUT2D eigenvalue weighted by Crippen LogP contribution is 2.24. The van der Waals surface area contributed by atoms with Crippen molar-refractivity contribution in [2.45, 2.75) is 26.3 Å². The fraction of sp³-hybridized carbons (Fsp3) is 0.471. The summed E-state index contributed by atoms with van der Waals surface area (Å²) < 4.78 is 0. The summed E-state index contributed by atoms with van der Waals surface area (Å²) in [5.74, 6) is -0.645. The second-order valence-electron chi connectivity index (χ2n) is 6.37. The van der Waals surface area contributed by atoms with Gasteiger partial charge in [0.05, 0.1) is 29.2 Å². The molecule has 136 valence electrons. The van der Waals surface area contributed by atoms with Crippen molar-refractivity contribution in [3.8, 4) is 6.07 Å². The molecule has 0 unspecified atom stereocenters. The Morgan fingerprint density at radius 3 is 2.36 bits per heavy atom. The second kappa shape index (κ2) is 9.04. The minimum absolute atomic E-state index is 0.00121. The van der Waals surface area contributed by atoms with Crippen molar-refractivity contribution >= 4 is 40.7 Å². The Morgan fingerprint density at radius 1 is 1.24 bits per heavy atom. The lowest BCUT2D eigenvalue weighted by Gasteiger charge is -2.28. The van der Waals surface area contributed by atoms with Crippen molar-refractivity contribution < 1.29 is 9.59 Å². The first-order valence-corrected chi connectivity index (χ1v) is 8.48. The molecule has 6 nitrogen and oxygen atoms in total. The van der Waals surface area contributed by atoms with Gasteiger partial charge in [-0.15, -0.1) is 0 Å². The lowest BCUT2D eigenvalue weighted by atomic mass is 9.90. The second-order valence-corrected chi connectivity index (χ2v) is 7.18. The molecule has 8 heteroatoms. The molecule has 1 atom stereocenters. The lowest BCUT2D eigenvalue weighted by Crippen LogP contribution is -2.51. The summed E-state index contributed by atoms with van der Waals surface area (Å²) in [6.45, 7) is 5.40. The topological polar surface area (TPSA) is 85.2 Å². The number of nitriles is 1. The average Bonchev–Trinajstić information content (AvgIpc) is 2.50. The molecule has 0 aliphatic rings. The van der Waals surface area contributed by atoms with Crippen LogP contribution < -0.4 is 10.6 Å². The Morgan fingerprint density at radius 2 is 1.84 bits per heavy atom. The van der Waals surface area contributed by atoms with Crippen LogP contribution in [0.4, 0.5) is 5.69 Å². The Hall–Kier alpha value is -1.81. The van der Waals surface area contributed by atoms with Crippen LogP contribution in [0.1, 0.15) is 20.8 Å². The van der Waals surface area contributed by atoms with Crippen LogP contribution in [-0.2, 0) is 9.59 Å². The van der Waals surface area contributed by atoms with Crippen LogP contribution in [0.15, 0.2) is 18.2 Å². The third kappa shape index (κ3) is 6.54. The monoisotopic (exact) mass is 384 g/mol. The SMILES string of the molecule is CC(C)[C@@](C)(C#N)NC(=O)CN(C)CC(=O)Nc1ccc(Cl)c(Cl)c1. The predicted octanol–water partition coefficient (Wildman–Crippen LogP) is 2.92. The molecule has 0 bridgehead atoms. The third-order valence-corrected chi connectivity index (χ3v) is 4.56. The van der Waals surface area contributed by atoms with E-state index in [0.29, 0.717) is 15.7 Å². The highest BCUT2D eigenvalue weighted by atomic mass is 35.5. The number of rotatable bonds is 7. The Labute approximate surface area is 158 Å². The molecule has 0 aliphatic heterocycles. The highest BCUT2D eigenvalue weighted by Gasteiger charge is 2.30. The zero-order chi connectivity index (χ0) is 19.2. The quantitative estimate of drug-likeness (QED) is 0.756. The maximum atomic E-state index is 12.1. The molecule has 0 fully saturated rings. The van der Waals surface area contributed by atoms with Crippen LogP contribution in [0.25, 0.3) is 0 Å². The molecular formula is C17H22Cl2N4O2. The normalized spacial score (nSPS) is 13.2. The number of benzene rings is 1. The van der Waals surface area contributed by atoms with E-state index in [4.69, 9.17) is 23.2 Å². The number of anilines is 1. The number of nitrogens with one attached hydrogen (secondary N) is 2. The van der Waals surface area contributed by atoms with Crippen LogP contribution in [0, 0.1) is 17.2 Å². The van der Waals surface area contributed by atoms with Gasteiger partial charge in [0.2, 0.25) is 11.8 Å². The predicted molar refractivity (Wildman–Crippen MR) is 99.6 cm³/mol. The smallest absolute Gasteiger partial charge is 0.238 e. The fourth-order valence-corrected chi connectivity index (χ4v) is 2.25. The maximum absolute atomic E-state index is 12.1. The minimum Gasteiger partial charge on any atom is -0.337 e. The number of halogens is 2. The van der Waals surface area contributed by atoms with E-state index in [1.165, 1.54) is 0 Å². The van der Waals surface area contributed by atoms with Gasteiger partial charge in [-0.05, 0) is 38.1 Å². The van der Waals surface area contributed by atoms with E-state index in [0.717, 1.165) is 0 Å². The van der Waals surface area contributed by atoms with Crippen LogP contribution in [0.2, 0.25) is 10.0 Å². The van der Waals surface area contributed by atoms with Gasteiger partial charge < -0.3 is 10.6 Å². The van der Waals surface area contributed by atoms with Gasteiger partial charge in [0.1, 0.15) is 5.54 Å². The summed E-state index contributed by atoms with van der Waals surface area (Å²) in [6.07, 6.45) is 0. The largest absolute Gasteiger partial charge is 0.337 e.